The minimum atomic E-state index is -1.27. The fourth-order valence-corrected chi connectivity index (χ4v) is 3.57. The third-order valence-electron chi connectivity index (χ3n) is 4.54. The number of aliphatic carboxylic acids is 1. The van der Waals surface area contributed by atoms with Crippen molar-refractivity contribution >= 4 is 29.0 Å². The fourth-order valence-electron chi connectivity index (χ4n) is 3.37. The number of thiocarbonyl (C=S) groups is 1. The minimum absolute atomic E-state index is 0.365. The number of hydrogen-bond donors (Lipinski definition) is 2. The number of nitrogens with zero attached hydrogens (tertiary/aromatic N) is 1. The van der Waals surface area contributed by atoms with E-state index < -0.39 is 12.6 Å². The van der Waals surface area contributed by atoms with Crippen molar-refractivity contribution in [1.82, 2.24) is 10.7 Å². The van der Waals surface area contributed by atoms with E-state index in [1.165, 1.54) is 6.42 Å². The molecule has 25 heavy (non-hydrogen) atoms. The molecule has 3 atom stereocenters. The average molecular weight is 358 g/mol. The molecule has 2 aliphatic carbocycles. The van der Waals surface area contributed by atoms with Gasteiger partial charge < -0.3 is 20.0 Å². The Morgan fingerprint density at radius 3 is 2.84 bits per heavy atom. The van der Waals surface area contributed by atoms with Crippen molar-refractivity contribution in [2.45, 2.75) is 25.8 Å². The van der Waals surface area contributed by atoms with E-state index in [0.29, 0.717) is 40.0 Å². The quantitative estimate of drug-likeness (QED) is 0.341. The number of hydrazone groups is 1. The summed E-state index contributed by atoms with van der Waals surface area (Å²) in [7, 11) is 0. The Hall–Kier alpha value is -2.41. The van der Waals surface area contributed by atoms with Crippen LogP contribution in [0, 0.1) is 11.8 Å². The van der Waals surface area contributed by atoms with Crippen LogP contribution in [0.25, 0.3) is 0 Å². The largest absolute Gasteiger partial charge is 0.546 e. The van der Waals surface area contributed by atoms with E-state index in [1.54, 1.807) is 19.1 Å². The fraction of sp³-hybridized carbons (Fsp3) is 0.389. The molecule has 0 aliphatic heterocycles. The average Bonchev–Trinajstić information content (AvgIpc) is 3.21. The van der Waals surface area contributed by atoms with Gasteiger partial charge in [-0.2, -0.15) is 5.10 Å². The van der Waals surface area contributed by atoms with Gasteiger partial charge in [0.2, 0.25) is 0 Å². The van der Waals surface area contributed by atoms with E-state index in [0.717, 1.165) is 6.42 Å². The van der Waals surface area contributed by atoms with Crippen molar-refractivity contribution in [2.75, 3.05) is 6.61 Å². The minimum Gasteiger partial charge on any atom is -0.546 e. The van der Waals surface area contributed by atoms with Crippen LogP contribution in [-0.2, 0) is 4.79 Å². The molecule has 2 aliphatic rings. The SMILES string of the molecule is C/C(=N/NC(=S)N[C@@H]1C[C@H]2C=C[C@H]1C2)c1ccccc1OCC(=O)[O-]. The second kappa shape index (κ2) is 7.65. The van der Waals surface area contributed by atoms with Gasteiger partial charge in [-0.1, -0.05) is 24.3 Å². The molecular formula is C18H20N3O3S-. The number of nitrogens with one attached hydrogen (secondary N) is 2. The molecule has 0 spiro atoms. The first-order valence-corrected chi connectivity index (χ1v) is 8.65. The summed E-state index contributed by atoms with van der Waals surface area (Å²) in [5.74, 6) is 0.386. The van der Waals surface area contributed by atoms with Crippen molar-refractivity contribution in [3.8, 4) is 5.75 Å². The molecule has 3 rings (SSSR count). The number of carbonyl (C=O) groups is 1. The number of carbonyl (C=O) groups excluding carboxylic acids is 1. The zero-order valence-corrected chi connectivity index (χ0v) is 14.7. The molecule has 7 heteroatoms. The van der Waals surface area contributed by atoms with Crippen LogP contribution >= 0.6 is 12.2 Å². The molecule has 1 saturated carbocycles. The molecule has 1 aromatic rings. The number of allylic oxidation sites excluding steroid dienone is 1. The van der Waals surface area contributed by atoms with Gasteiger partial charge in [0.05, 0.1) is 11.7 Å². The maximum absolute atomic E-state index is 10.6. The van der Waals surface area contributed by atoms with Crippen LogP contribution in [0.1, 0.15) is 25.3 Å². The Morgan fingerprint density at radius 2 is 2.16 bits per heavy atom. The third-order valence-corrected chi connectivity index (χ3v) is 4.75. The molecule has 2 bridgehead atoms. The molecular weight excluding hydrogens is 338 g/mol. The van der Waals surface area contributed by atoms with Crippen LogP contribution in [0.3, 0.4) is 0 Å². The monoisotopic (exact) mass is 358 g/mol. The van der Waals surface area contributed by atoms with Gasteiger partial charge in [-0.15, -0.1) is 0 Å². The molecule has 2 N–H and O–H groups in total. The lowest BCUT2D eigenvalue weighted by atomic mass is 10.0. The van der Waals surface area contributed by atoms with Crippen LogP contribution < -0.4 is 20.6 Å². The molecule has 0 amide bonds. The zero-order valence-electron chi connectivity index (χ0n) is 13.9. The smallest absolute Gasteiger partial charge is 0.187 e. The summed E-state index contributed by atoms with van der Waals surface area (Å²) in [5.41, 5.74) is 4.20. The second-order valence-corrected chi connectivity index (χ2v) is 6.73. The lowest BCUT2D eigenvalue weighted by molar-refractivity contribution is -0.307. The standard InChI is InChI=1S/C18H21N3O3S/c1-11(14-4-2-3-5-16(14)24-10-17(22)23)20-21-18(25)19-15-9-12-6-7-13(15)8-12/h2-7,12-13,15H,8-10H2,1H3,(H,22,23)(H2,19,21,25)/p-1/b20-11-/t12-,13-,15+/m0/s1. The van der Waals surface area contributed by atoms with Crippen molar-refractivity contribution in [3.05, 3.63) is 42.0 Å². The van der Waals surface area contributed by atoms with Gasteiger partial charge in [-0.25, -0.2) is 0 Å². The van der Waals surface area contributed by atoms with Crippen molar-refractivity contribution in [2.24, 2.45) is 16.9 Å². The Balaban J connectivity index is 1.58. The maximum atomic E-state index is 10.6. The highest BCUT2D eigenvalue weighted by Gasteiger charge is 2.35. The van der Waals surface area contributed by atoms with E-state index in [1.807, 2.05) is 12.1 Å². The van der Waals surface area contributed by atoms with E-state index in [9.17, 15) is 9.90 Å². The summed E-state index contributed by atoms with van der Waals surface area (Å²) < 4.78 is 5.24. The number of rotatable bonds is 6. The molecule has 0 aromatic heterocycles. The summed E-state index contributed by atoms with van der Waals surface area (Å²) >= 11 is 5.32. The van der Waals surface area contributed by atoms with Crippen LogP contribution in [0.5, 0.6) is 5.75 Å². The first-order chi connectivity index (χ1) is 12.0. The topological polar surface area (TPSA) is 85.8 Å². The van der Waals surface area contributed by atoms with E-state index in [2.05, 4.69) is 28.0 Å². The molecule has 0 heterocycles. The predicted molar refractivity (Wildman–Crippen MR) is 97.2 cm³/mol. The van der Waals surface area contributed by atoms with E-state index in [-0.39, 0.29) is 0 Å². The number of para-hydroxylation sites is 1. The van der Waals surface area contributed by atoms with Crippen molar-refractivity contribution < 1.29 is 14.6 Å². The Labute approximate surface area is 152 Å². The van der Waals surface area contributed by atoms with Gasteiger partial charge in [0, 0.05) is 11.6 Å². The lowest BCUT2D eigenvalue weighted by Crippen LogP contribution is -2.42. The lowest BCUT2D eigenvalue weighted by Gasteiger charge is -2.21. The predicted octanol–water partition coefficient (Wildman–Crippen LogP) is 0.968. The number of fused-ring (bicyclic) bond motifs is 2. The summed E-state index contributed by atoms with van der Waals surface area (Å²) in [5, 5.41) is 18.7. The molecule has 0 saturated heterocycles. The van der Waals surface area contributed by atoms with Gasteiger partial charge in [0.15, 0.2) is 5.11 Å². The normalized spacial score (nSPS) is 24.2. The van der Waals surface area contributed by atoms with Crippen LogP contribution in [0.4, 0.5) is 0 Å². The van der Waals surface area contributed by atoms with Crippen LogP contribution in [0.15, 0.2) is 41.5 Å². The Kier molecular flexibility index (Phi) is 5.33. The van der Waals surface area contributed by atoms with E-state index in [4.69, 9.17) is 17.0 Å². The highest BCUT2D eigenvalue weighted by Crippen LogP contribution is 2.38. The van der Waals surface area contributed by atoms with Crippen LogP contribution in [0.2, 0.25) is 0 Å². The van der Waals surface area contributed by atoms with Crippen molar-refractivity contribution in [3.63, 3.8) is 0 Å². The summed E-state index contributed by atoms with van der Waals surface area (Å²) in [6.07, 6.45) is 6.84. The number of carboxylic acids is 1. The van der Waals surface area contributed by atoms with Gasteiger partial charge in [0.1, 0.15) is 12.4 Å². The van der Waals surface area contributed by atoms with Gasteiger partial charge in [-0.3, -0.25) is 5.43 Å². The summed E-state index contributed by atoms with van der Waals surface area (Å²) in [4.78, 5) is 10.6. The number of carboxylic acid groups (broad SMARTS) is 1. The molecule has 132 valence electrons. The van der Waals surface area contributed by atoms with Crippen LogP contribution in [-0.4, -0.2) is 29.4 Å². The molecule has 1 aromatic carbocycles. The Bertz CT molecular complexity index is 732. The first kappa shape index (κ1) is 17.4. The molecule has 0 radical (unpaired) electrons. The molecule has 1 fully saturated rings. The molecule has 0 unspecified atom stereocenters. The Morgan fingerprint density at radius 1 is 1.36 bits per heavy atom. The first-order valence-electron chi connectivity index (χ1n) is 8.24. The highest BCUT2D eigenvalue weighted by atomic mass is 32.1. The summed E-state index contributed by atoms with van der Waals surface area (Å²) in [6.45, 7) is 1.30. The van der Waals surface area contributed by atoms with Crippen molar-refractivity contribution in [1.29, 1.82) is 0 Å². The number of ether oxygens (including phenoxy) is 1. The van der Waals surface area contributed by atoms with Gasteiger partial charge in [-0.05, 0) is 56.0 Å². The van der Waals surface area contributed by atoms with Gasteiger partial charge in [0.25, 0.3) is 0 Å². The second-order valence-electron chi connectivity index (χ2n) is 6.33. The maximum Gasteiger partial charge on any atom is 0.187 e. The third kappa shape index (κ3) is 4.36. The number of benzene rings is 1. The van der Waals surface area contributed by atoms with Gasteiger partial charge >= 0.3 is 0 Å². The van der Waals surface area contributed by atoms with E-state index >= 15 is 0 Å². The zero-order chi connectivity index (χ0) is 17.8. The number of hydrogen-bond acceptors (Lipinski definition) is 5. The molecule has 6 nitrogen and oxygen atoms in total. The summed E-state index contributed by atoms with van der Waals surface area (Å²) in [6, 6.07) is 7.46. The highest BCUT2D eigenvalue weighted by molar-refractivity contribution is 7.80.